The van der Waals surface area contributed by atoms with Gasteiger partial charge in [0.2, 0.25) is 0 Å². The molecule has 0 fully saturated rings. The van der Waals surface area contributed by atoms with Crippen LogP contribution in [0.15, 0.2) is 34.8 Å². The number of Topliss-reactive ketones (excluding diaryl/α,β-unsaturated/α-hetero) is 1. The van der Waals surface area contributed by atoms with Crippen molar-refractivity contribution in [1.29, 1.82) is 0 Å². The maximum atomic E-state index is 13.0. The molecule has 2 aromatic carbocycles. The molecule has 0 aliphatic carbocycles. The molecule has 2 rings (SSSR count). The average molecular weight is 336 g/mol. The Morgan fingerprint density at radius 3 is 2.60 bits per heavy atom. The fraction of sp³-hybridized carbons (Fsp3) is 0.188. The van der Waals surface area contributed by atoms with Gasteiger partial charge in [-0.2, -0.15) is 0 Å². The van der Waals surface area contributed by atoms with Gasteiger partial charge in [-0.25, -0.2) is 4.39 Å². The number of halogens is 2. The van der Waals surface area contributed by atoms with E-state index in [2.05, 4.69) is 15.9 Å². The van der Waals surface area contributed by atoms with Crippen molar-refractivity contribution >= 4 is 27.4 Å². The van der Waals surface area contributed by atoms with Crippen LogP contribution in [-0.4, -0.2) is 5.78 Å². The third kappa shape index (κ3) is 2.90. The zero-order valence-corrected chi connectivity index (χ0v) is 12.9. The molecule has 4 heteroatoms. The molecule has 0 amide bonds. The van der Waals surface area contributed by atoms with Gasteiger partial charge in [-0.3, -0.25) is 4.79 Å². The summed E-state index contributed by atoms with van der Waals surface area (Å²) in [6.45, 7) is 3.85. The zero-order chi connectivity index (χ0) is 14.9. The normalized spacial score (nSPS) is 10.6. The summed E-state index contributed by atoms with van der Waals surface area (Å²) < 4.78 is 13.6. The zero-order valence-electron chi connectivity index (χ0n) is 11.3. The third-order valence-corrected chi connectivity index (χ3v) is 4.19. The van der Waals surface area contributed by atoms with Crippen LogP contribution in [0.1, 0.15) is 27.0 Å². The molecule has 0 atom stereocenters. The molecule has 0 spiro atoms. The first-order valence-electron chi connectivity index (χ1n) is 6.23. The van der Waals surface area contributed by atoms with Crippen LogP contribution in [0.5, 0.6) is 0 Å². The van der Waals surface area contributed by atoms with E-state index in [1.54, 1.807) is 12.1 Å². The molecule has 2 N–H and O–H groups in total. The highest BCUT2D eigenvalue weighted by atomic mass is 79.9. The van der Waals surface area contributed by atoms with Crippen molar-refractivity contribution in [3.8, 4) is 0 Å². The number of carbonyl (C=O) groups is 1. The lowest BCUT2D eigenvalue weighted by Gasteiger charge is -2.10. The molecule has 0 bridgehead atoms. The van der Waals surface area contributed by atoms with Gasteiger partial charge in [0.15, 0.2) is 5.78 Å². The Morgan fingerprint density at radius 2 is 1.95 bits per heavy atom. The Kier molecular flexibility index (Phi) is 4.23. The number of nitrogens with two attached hydrogens (primary N) is 1. The van der Waals surface area contributed by atoms with E-state index in [4.69, 9.17) is 5.73 Å². The highest BCUT2D eigenvalue weighted by molar-refractivity contribution is 9.10. The summed E-state index contributed by atoms with van der Waals surface area (Å²) in [5, 5.41) is 0. The lowest BCUT2D eigenvalue weighted by atomic mass is 9.97. The Bertz CT molecular complexity index is 682. The number of benzene rings is 2. The smallest absolute Gasteiger partial charge is 0.169 e. The van der Waals surface area contributed by atoms with Gasteiger partial charge in [0, 0.05) is 22.1 Å². The quantitative estimate of drug-likeness (QED) is 0.674. The molecule has 0 heterocycles. The topological polar surface area (TPSA) is 43.1 Å². The lowest BCUT2D eigenvalue weighted by Crippen LogP contribution is -2.09. The van der Waals surface area contributed by atoms with Crippen molar-refractivity contribution in [2.75, 3.05) is 5.73 Å². The lowest BCUT2D eigenvalue weighted by molar-refractivity contribution is 0.0993. The Balaban J connectivity index is 2.31. The molecule has 0 saturated heterocycles. The highest BCUT2D eigenvalue weighted by Gasteiger charge is 2.14. The van der Waals surface area contributed by atoms with E-state index < -0.39 is 0 Å². The SMILES string of the molecule is Cc1ccc(C(=O)Cc2ccc(F)cc2Br)c(N)c1C. The molecule has 104 valence electrons. The molecule has 0 aromatic heterocycles. The fourth-order valence-corrected chi connectivity index (χ4v) is 2.50. The highest BCUT2D eigenvalue weighted by Crippen LogP contribution is 2.24. The van der Waals surface area contributed by atoms with Gasteiger partial charge in [-0.15, -0.1) is 0 Å². The molecule has 0 radical (unpaired) electrons. The fourth-order valence-electron chi connectivity index (χ4n) is 2.01. The van der Waals surface area contributed by atoms with Crippen LogP contribution in [0.3, 0.4) is 0 Å². The van der Waals surface area contributed by atoms with E-state index in [-0.39, 0.29) is 18.0 Å². The first-order valence-corrected chi connectivity index (χ1v) is 7.02. The summed E-state index contributed by atoms with van der Waals surface area (Å²) in [4.78, 5) is 12.3. The average Bonchev–Trinajstić information content (AvgIpc) is 2.39. The molecule has 2 aromatic rings. The second-order valence-corrected chi connectivity index (χ2v) is 5.66. The van der Waals surface area contributed by atoms with Crippen LogP contribution in [-0.2, 0) is 6.42 Å². The minimum Gasteiger partial charge on any atom is -0.398 e. The van der Waals surface area contributed by atoms with Gasteiger partial charge in [0.25, 0.3) is 0 Å². The van der Waals surface area contributed by atoms with Gasteiger partial charge < -0.3 is 5.73 Å². The Labute approximate surface area is 125 Å². The maximum absolute atomic E-state index is 13.0. The van der Waals surface area contributed by atoms with E-state index in [0.29, 0.717) is 15.7 Å². The van der Waals surface area contributed by atoms with E-state index >= 15 is 0 Å². The summed E-state index contributed by atoms with van der Waals surface area (Å²) >= 11 is 3.27. The van der Waals surface area contributed by atoms with Crippen LogP contribution in [0, 0.1) is 19.7 Å². The number of hydrogen-bond acceptors (Lipinski definition) is 2. The summed E-state index contributed by atoms with van der Waals surface area (Å²) in [6, 6.07) is 7.94. The van der Waals surface area contributed by atoms with Crippen LogP contribution in [0.4, 0.5) is 10.1 Å². The predicted molar refractivity (Wildman–Crippen MR) is 82.5 cm³/mol. The van der Waals surface area contributed by atoms with Crippen molar-refractivity contribution in [2.24, 2.45) is 0 Å². The van der Waals surface area contributed by atoms with Crippen LogP contribution in [0.2, 0.25) is 0 Å². The number of rotatable bonds is 3. The third-order valence-electron chi connectivity index (χ3n) is 3.45. The number of hydrogen-bond donors (Lipinski definition) is 1. The molecule has 2 nitrogen and oxygen atoms in total. The summed E-state index contributed by atoms with van der Waals surface area (Å²) in [6.07, 6.45) is 0.188. The van der Waals surface area contributed by atoms with Crippen LogP contribution < -0.4 is 5.73 Å². The van der Waals surface area contributed by atoms with Crippen molar-refractivity contribution < 1.29 is 9.18 Å². The number of carbonyl (C=O) groups excluding carboxylic acids is 1. The van der Waals surface area contributed by atoms with E-state index in [0.717, 1.165) is 16.7 Å². The minimum atomic E-state index is -0.334. The van der Waals surface area contributed by atoms with E-state index in [9.17, 15) is 9.18 Å². The van der Waals surface area contributed by atoms with E-state index in [1.165, 1.54) is 12.1 Å². The predicted octanol–water partition coefficient (Wildman–Crippen LogP) is 4.21. The number of aryl methyl sites for hydroxylation is 1. The second-order valence-electron chi connectivity index (χ2n) is 4.80. The van der Waals surface area contributed by atoms with Crippen LogP contribution >= 0.6 is 15.9 Å². The van der Waals surface area contributed by atoms with Gasteiger partial charge in [-0.05, 0) is 48.7 Å². The van der Waals surface area contributed by atoms with Crippen molar-refractivity contribution in [1.82, 2.24) is 0 Å². The monoisotopic (exact) mass is 335 g/mol. The molecule has 0 saturated carbocycles. The largest absolute Gasteiger partial charge is 0.398 e. The first kappa shape index (κ1) is 14.7. The molecule has 0 aliphatic heterocycles. The van der Waals surface area contributed by atoms with Crippen molar-refractivity contribution in [2.45, 2.75) is 20.3 Å². The minimum absolute atomic E-state index is 0.0714. The van der Waals surface area contributed by atoms with Crippen molar-refractivity contribution in [3.05, 3.63) is 62.9 Å². The second kappa shape index (κ2) is 5.75. The number of nitrogen functional groups attached to an aromatic ring is 1. The molecule has 0 aliphatic rings. The standard InChI is InChI=1S/C16H15BrFNO/c1-9-3-6-13(16(19)10(9)2)15(20)7-11-4-5-12(18)8-14(11)17/h3-6,8H,7,19H2,1-2H3. The van der Waals surface area contributed by atoms with Gasteiger partial charge in [0.05, 0.1) is 0 Å². The maximum Gasteiger partial charge on any atom is 0.169 e. The molecule has 0 unspecified atom stereocenters. The first-order chi connectivity index (χ1) is 9.40. The summed E-state index contributed by atoms with van der Waals surface area (Å²) in [5.41, 5.74) is 9.77. The van der Waals surface area contributed by atoms with Gasteiger partial charge in [-0.1, -0.05) is 28.1 Å². The van der Waals surface area contributed by atoms with Crippen molar-refractivity contribution in [3.63, 3.8) is 0 Å². The van der Waals surface area contributed by atoms with Crippen LogP contribution in [0.25, 0.3) is 0 Å². The number of ketones is 1. The Morgan fingerprint density at radius 1 is 1.25 bits per heavy atom. The molecular formula is C16H15BrFNO. The van der Waals surface area contributed by atoms with Gasteiger partial charge in [0.1, 0.15) is 5.82 Å². The van der Waals surface area contributed by atoms with Gasteiger partial charge >= 0.3 is 0 Å². The Hall–Kier alpha value is -1.68. The number of anilines is 1. The molecular weight excluding hydrogens is 321 g/mol. The molecule has 20 heavy (non-hydrogen) atoms. The van der Waals surface area contributed by atoms with E-state index in [1.807, 2.05) is 19.9 Å². The summed E-state index contributed by atoms with van der Waals surface area (Å²) in [7, 11) is 0. The summed E-state index contributed by atoms with van der Waals surface area (Å²) in [5.74, 6) is -0.406.